The molecule has 180 valence electrons. The summed E-state index contributed by atoms with van der Waals surface area (Å²) in [4.78, 5) is 19.4. The van der Waals surface area contributed by atoms with Gasteiger partial charge in [0.2, 0.25) is 5.82 Å². The van der Waals surface area contributed by atoms with Crippen molar-refractivity contribution >= 4 is 29.0 Å². The first-order valence-corrected chi connectivity index (χ1v) is 12.3. The van der Waals surface area contributed by atoms with Gasteiger partial charge in [0.1, 0.15) is 5.82 Å². The first-order valence-electron chi connectivity index (χ1n) is 11.6. The molecule has 0 saturated carbocycles. The molecule has 3 aromatic rings. The van der Waals surface area contributed by atoms with Crippen molar-refractivity contribution in [3.8, 4) is 17.5 Å². The van der Waals surface area contributed by atoms with Crippen LogP contribution in [0.3, 0.4) is 0 Å². The summed E-state index contributed by atoms with van der Waals surface area (Å²) in [6, 6.07) is 11.1. The van der Waals surface area contributed by atoms with Gasteiger partial charge in [-0.15, -0.1) is 5.92 Å². The lowest BCUT2D eigenvalue weighted by molar-refractivity contribution is 0.186. The molecule has 2 aliphatic rings. The lowest BCUT2D eigenvalue weighted by Crippen LogP contribution is -2.45. The summed E-state index contributed by atoms with van der Waals surface area (Å²) < 4.78 is 16.5. The summed E-state index contributed by atoms with van der Waals surface area (Å²) in [5.41, 5.74) is 9.56. The molecule has 0 amide bonds. The summed E-state index contributed by atoms with van der Waals surface area (Å²) in [7, 11) is 0. The molecule has 1 aliphatic carbocycles. The van der Waals surface area contributed by atoms with Crippen molar-refractivity contribution in [1.82, 2.24) is 9.55 Å². The highest BCUT2D eigenvalue weighted by molar-refractivity contribution is 6.43. The third-order valence-corrected chi connectivity index (χ3v) is 8.17. The third kappa shape index (κ3) is 3.92. The molecule has 0 radical (unpaired) electrons. The Labute approximate surface area is 213 Å². The molecule has 0 unspecified atom stereocenters. The number of nitrogens with two attached hydrogens (primary N) is 1. The number of aryl methyl sites for hydroxylation is 1. The number of aromatic nitrogens is 2. The van der Waals surface area contributed by atoms with E-state index in [0.29, 0.717) is 24.6 Å². The Hall–Kier alpha value is -2.85. The lowest BCUT2D eigenvalue weighted by atomic mass is 9.73. The largest absolute Gasteiger partial charge is 0.354 e. The molecule has 5 rings (SSSR count). The number of piperidine rings is 1. The van der Waals surface area contributed by atoms with E-state index < -0.39 is 11.4 Å². The zero-order valence-corrected chi connectivity index (χ0v) is 21.0. The molecule has 1 aromatic heterocycles. The maximum Gasteiger partial charge on any atom is 0.296 e. The molecule has 35 heavy (non-hydrogen) atoms. The zero-order valence-electron chi connectivity index (χ0n) is 19.5. The number of hydrogen-bond acceptors (Lipinski definition) is 4. The molecule has 2 aromatic carbocycles. The Morgan fingerprint density at radius 1 is 1.20 bits per heavy atom. The topological polar surface area (TPSA) is 64.2 Å². The number of benzene rings is 2. The minimum Gasteiger partial charge on any atom is -0.354 e. The molecule has 1 spiro atoms. The molecule has 5 nitrogen and oxygen atoms in total. The molecule has 8 heteroatoms. The van der Waals surface area contributed by atoms with E-state index in [2.05, 4.69) is 29.0 Å². The van der Waals surface area contributed by atoms with Crippen LogP contribution in [-0.4, -0.2) is 22.6 Å². The number of anilines is 1. The van der Waals surface area contributed by atoms with Crippen LogP contribution in [0, 0.1) is 30.0 Å². The standard InChI is InChI=1S/C27H25Cl2FN4O/c1-3-5-17-8-9-18-15-27(24(31)19(18)14-17)10-12-33(13-11-27)25-23(30)26(35)34(16(2)32-25)21-7-4-6-20(28)22(21)29/h4,6-9,14,24H,10-13,15,31H2,1-2H3/t24-/m1/s1. The van der Waals surface area contributed by atoms with Crippen molar-refractivity contribution in [2.45, 2.75) is 39.2 Å². The van der Waals surface area contributed by atoms with Crippen LogP contribution in [0.25, 0.3) is 5.69 Å². The molecule has 1 aliphatic heterocycles. The van der Waals surface area contributed by atoms with Gasteiger partial charge in [0.25, 0.3) is 5.56 Å². The smallest absolute Gasteiger partial charge is 0.296 e. The minimum atomic E-state index is -0.899. The monoisotopic (exact) mass is 510 g/mol. The Bertz CT molecular complexity index is 1450. The van der Waals surface area contributed by atoms with E-state index in [1.54, 1.807) is 25.1 Å². The van der Waals surface area contributed by atoms with Gasteiger partial charge in [-0.05, 0) is 73.9 Å². The van der Waals surface area contributed by atoms with Crippen LogP contribution in [0.4, 0.5) is 10.2 Å². The average molecular weight is 511 g/mol. The van der Waals surface area contributed by atoms with Gasteiger partial charge >= 0.3 is 0 Å². The van der Waals surface area contributed by atoms with Gasteiger partial charge in [0.05, 0.1) is 15.7 Å². The number of nitrogens with zero attached hydrogens (tertiary/aromatic N) is 3. The Morgan fingerprint density at radius 3 is 2.66 bits per heavy atom. The van der Waals surface area contributed by atoms with Gasteiger partial charge in [-0.3, -0.25) is 9.36 Å². The second kappa shape index (κ2) is 8.98. The minimum absolute atomic E-state index is 0.0707. The summed E-state index contributed by atoms with van der Waals surface area (Å²) >= 11 is 12.4. The van der Waals surface area contributed by atoms with E-state index in [1.165, 1.54) is 10.1 Å². The van der Waals surface area contributed by atoms with E-state index in [-0.39, 0.29) is 27.3 Å². The fourth-order valence-electron chi connectivity index (χ4n) is 5.49. The van der Waals surface area contributed by atoms with Gasteiger partial charge in [-0.1, -0.05) is 41.3 Å². The van der Waals surface area contributed by atoms with Crippen LogP contribution in [0.5, 0.6) is 0 Å². The molecule has 1 atom stereocenters. The summed E-state index contributed by atoms with van der Waals surface area (Å²) in [5, 5.41) is 0.458. The molecule has 1 saturated heterocycles. The van der Waals surface area contributed by atoms with Crippen molar-refractivity contribution in [3.63, 3.8) is 0 Å². The highest BCUT2D eigenvalue weighted by Gasteiger charge is 2.46. The summed E-state index contributed by atoms with van der Waals surface area (Å²) in [5.74, 6) is 5.56. The quantitative estimate of drug-likeness (QED) is 0.481. The van der Waals surface area contributed by atoms with E-state index in [1.807, 2.05) is 17.9 Å². The number of rotatable bonds is 2. The van der Waals surface area contributed by atoms with Gasteiger partial charge in [-0.2, -0.15) is 4.39 Å². The zero-order chi connectivity index (χ0) is 24.9. The van der Waals surface area contributed by atoms with Crippen LogP contribution in [0.15, 0.2) is 41.2 Å². The SMILES string of the molecule is CC#Cc1ccc2c(c1)[C@@H](N)C1(CCN(c3nc(C)n(-c4cccc(Cl)c4Cl)c(=O)c3F)CC1)C2. The summed E-state index contributed by atoms with van der Waals surface area (Å²) in [6.45, 7) is 4.61. The fraction of sp³-hybridized carbons (Fsp3) is 0.333. The molecule has 2 N–H and O–H groups in total. The molecule has 1 fully saturated rings. The molecule has 2 heterocycles. The van der Waals surface area contributed by atoms with Gasteiger partial charge in [0, 0.05) is 24.7 Å². The van der Waals surface area contributed by atoms with E-state index in [9.17, 15) is 4.79 Å². The third-order valence-electron chi connectivity index (χ3n) is 7.36. The van der Waals surface area contributed by atoms with Crippen LogP contribution >= 0.6 is 23.2 Å². The predicted octanol–water partition coefficient (Wildman–Crippen LogP) is 5.20. The Morgan fingerprint density at radius 2 is 1.94 bits per heavy atom. The normalized spacial score (nSPS) is 18.3. The maximum absolute atomic E-state index is 15.4. The lowest BCUT2D eigenvalue weighted by Gasteiger charge is -2.42. The highest BCUT2D eigenvalue weighted by Crippen LogP contribution is 2.51. The number of fused-ring (bicyclic) bond motifs is 1. The van der Waals surface area contributed by atoms with Crippen molar-refractivity contribution in [2.75, 3.05) is 18.0 Å². The van der Waals surface area contributed by atoms with Gasteiger partial charge in [-0.25, -0.2) is 4.98 Å². The average Bonchev–Trinajstić information content (AvgIpc) is 3.11. The number of halogens is 3. The van der Waals surface area contributed by atoms with Crippen molar-refractivity contribution in [1.29, 1.82) is 0 Å². The van der Waals surface area contributed by atoms with Crippen LogP contribution in [0.1, 0.15) is 48.3 Å². The van der Waals surface area contributed by atoms with E-state index >= 15 is 4.39 Å². The number of hydrogen-bond donors (Lipinski definition) is 1. The molecular weight excluding hydrogens is 486 g/mol. The predicted molar refractivity (Wildman–Crippen MR) is 138 cm³/mol. The van der Waals surface area contributed by atoms with Crippen LogP contribution in [-0.2, 0) is 6.42 Å². The maximum atomic E-state index is 15.4. The fourth-order valence-corrected chi connectivity index (χ4v) is 5.87. The first kappa shape index (κ1) is 23.9. The van der Waals surface area contributed by atoms with Gasteiger partial charge in [0.15, 0.2) is 5.82 Å². The van der Waals surface area contributed by atoms with Crippen molar-refractivity contribution < 1.29 is 4.39 Å². The first-order chi connectivity index (χ1) is 16.8. The van der Waals surface area contributed by atoms with Crippen molar-refractivity contribution in [3.05, 3.63) is 85.1 Å². The van der Waals surface area contributed by atoms with Crippen LogP contribution < -0.4 is 16.2 Å². The van der Waals surface area contributed by atoms with E-state index in [0.717, 1.165) is 30.4 Å². The van der Waals surface area contributed by atoms with E-state index in [4.69, 9.17) is 28.9 Å². The second-order valence-electron chi connectivity index (χ2n) is 9.30. The molecular formula is C27H25Cl2FN4O. The second-order valence-corrected chi connectivity index (χ2v) is 10.1. The Balaban J connectivity index is 1.41. The Kier molecular flexibility index (Phi) is 6.13. The van der Waals surface area contributed by atoms with Gasteiger partial charge < -0.3 is 10.6 Å². The van der Waals surface area contributed by atoms with Crippen LogP contribution in [0.2, 0.25) is 10.0 Å². The highest BCUT2D eigenvalue weighted by atomic mass is 35.5. The molecule has 0 bridgehead atoms. The van der Waals surface area contributed by atoms with Crippen molar-refractivity contribution in [2.24, 2.45) is 11.1 Å². The summed E-state index contributed by atoms with van der Waals surface area (Å²) in [6.07, 6.45) is 2.45.